The second kappa shape index (κ2) is 66.2. The van der Waals surface area contributed by atoms with E-state index in [0.717, 1.165) is 70.6 Å². The number of aliphatic hydroxyl groups is 8. The fourth-order valence-corrected chi connectivity index (χ4v) is 12.7. The van der Waals surface area contributed by atoms with Crippen molar-refractivity contribution in [2.24, 2.45) is 0 Å². The fourth-order valence-electron chi connectivity index (χ4n) is 12.7. The maximum Gasteiger partial charge on any atom is 0.220 e. The number of aliphatic hydroxyl groups excluding tert-OH is 8. The van der Waals surface area contributed by atoms with Crippen molar-refractivity contribution in [1.29, 1.82) is 0 Å². The molecule has 0 bridgehead atoms. The average molecular weight is 1370 g/mol. The summed E-state index contributed by atoms with van der Waals surface area (Å²) >= 11 is 0. The van der Waals surface area contributed by atoms with Gasteiger partial charge in [0.25, 0.3) is 0 Å². The van der Waals surface area contributed by atoms with Crippen LogP contribution in [0.15, 0.2) is 97.2 Å². The van der Waals surface area contributed by atoms with E-state index in [1.54, 1.807) is 6.08 Å². The summed E-state index contributed by atoms with van der Waals surface area (Å²) in [7, 11) is 0. The Morgan fingerprint density at radius 1 is 0.381 bits per heavy atom. The molecular formula is C83H147NO13. The molecule has 9 N–H and O–H groups in total. The second-order valence-electron chi connectivity index (χ2n) is 27.8. The molecule has 2 saturated heterocycles. The van der Waals surface area contributed by atoms with E-state index < -0.39 is 86.8 Å². The molecule has 0 aromatic heterocycles. The number of amides is 1. The van der Waals surface area contributed by atoms with Crippen LogP contribution in [0.2, 0.25) is 0 Å². The lowest BCUT2D eigenvalue weighted by atomic mass is 9.97. The van der Waals surface area contributed by atoms with Gasteiger partial charge in [-0.05, 0) is 83.5 Å². The first-order valence-electron chi connectivity index (χ1n) is 40.0. The first-order valence-corrected chi connectivity index (χ1v) is 40.0. The predicted molar refractivity (Wildman–Crippen MR) is 401 cm³/mol. The molecule has 0 aromatic carbocycles. The highest BCUT2D eigenvalue weighted by Crippen LogP contribution is 2.30. The molecule has 2 aliphatic heterocycles. The zero-order valence-corrected chi connectivity index (χ0v) is 61.6. The summed E-state index contributed by atoms with van der Waals surface area (Å²) in [6, 6.07) is -0.935. The number of hydrogen-bond acceptors (Lipinski definition) is 13. The first kappa shape index (κ1) is 90.0. The van der Waals surface area contributed by atoms with Crippen molar-refractivity contribution >= 4 is 5.91 Å². The molecule has 0 aliphatic carbocycles. The smallest absolute Gasteiger partial charge is 0.220 e. The van der Waals surface area contributed by atoms with Crippen molar-refractivity contribution in [1.82, 2.24) is 5.32 Å². The molecule has 12 atom stereocenters. The lowest BCUT2D eigenvalue weighted by molar-refractivity contribution is -0.359. The van der Waals surface area contributed by atoms with E-state index in [2.05, 4.69) is 104 Å². The van der Waals surface area contributed by atoms with E-state index >= 15 is 0 Å². The minimum absolute atomic E-state index is 0.245. The average Bonchev–Trinajstić information content (AvgIpc) is 0.794. The predicted octanol–water partition coefficient (Wildman–Crippen LogP) is 18.1. The lowest BCUT2D eigenvalue weighted by Crippen LogP contribution is -2.65. The molecule has 2 rings (SSSR count). The van der Waals surface area contributed by atoms with Crippen molar-refractivity contribution in [2.75, 3.05) is 19.8 Å². The Balaban J connectivity index is 1.58. The largest absolute Gasteiger partial charge is 0.394 e. The van der Waals surface area contributed by atoms with Crippen LogP contribution < -0.4 is 5.32 Å². The first-order chi connectivity index (χ1) is 47.6. The van der Waals surface area contributed by atoms with Gasteiger partial charge in [-0.1, -0.05) is 336 Å². The molecular weight excluding hydrogens is 1220 g/mol. The van der Waals surface area contributed by atoms with Crippen LogP contribution in [0.5, 0.6) is 0 Å². The molecule has 2 fully saturated rings. The fraction of sp³-hybridized carbons (Fsp3) is 0.795. The second-order valence-corrected chi connectivity index (χ2v) is 27.8. The van der Waals surface area contributed by atoms with Gasteiger partial charge in [-0.2, -0.15) is 0 Å². The maximum absolute atomic E-state index is 13.4. The number of carbonyl (C=O) groups excluding carboxylic acids is 1. The zero-order chi connectivity index (χ0) is 70.1. The van der Waals surface area contributed by atoms with Gasteiger partial charge in [0.2, 0.25) is 5.91 Å². The molecule has 0 spiro atoms. The van der Waals surface area contributed by atoms with Crippen LogP contribution in [0.4, 0.5) is 0 Å². The molecule has 12 unspecified atom stereocenters. The standard InChI is InChI=1S/C83H147NO13/c1-3-5-7-9-11-13-15-17-19-21-23-25-27-28-29-30-31-32-33-34-35-36-37-38-39-40-41-42-43-44-45-47-49-51-53-55-57-59-61-63-65-67-75(88)84-71(70-94-82-80(93)78(91)81(74(69-86)96-82)97-83-79(92)77(90)76(89)73(68-85)95-83)72(87)66-64-62-60-58-56-54-52-50-48-46-26-24-22-20-18-16-14-12-10-8-6-4-2/h5,7,11,13,17,19,23,25,28-29,31-32,56,58,64,66,71-74,76-83,85-87,89-93H,3-4,6,8-10,12,14-16,18,20-22,24,26-27,30,33-55,57,59-63,65,67-70H2,1-2H3,(H,84,88)/b7-5-,13-11-,19-17-,25-23-,29-28-,32-31-,58-56+,66-64+. The van der Waals surface area contributed by atoms with Crippen molar-refractivity contribution in [3.63, 3.8) is 0 Å². The molecule has 1 amide bonds. The normalized spacial score (nSPS) is 22.7. The van der Waals surface area contributed by atoms with E-state index in [9.17, 15) is 45.6 Å². The Labute approximate surface area is 592 Å². The summed E-state index contributed by atoms with van der Waals surface area (Å²) in [6.07, 6.45) is 77.8. The third kappa shape index (κ3) is 49.2. The highest BCUT2D eigenvalue weighted by Gasteiger charge is 2.51. The highest BCUT2D eigenvalue weighted by molar-refractivity contribution is 5.76. The number of allylic oxidation sites excluding steroid dienone is 15. The van der Waals surface area contributed by atoms with Gasteiger partial charge >= 0.3 is 0 Å². The van der Waals surface area contributed by atoms with Gasteiger partial charge in [0, 0.05) is 6.42 Å². The molecule has 97 heavy (non-hydrogen) atoms. The van der Waals surface area contributed by atoms with E-state index in [-0.39, 0.29) is 18.9 Å². The summed E-state index contributed by atoms with van der Waals surface area (Å²) in [5, 5.41) is 87.6. The van der Waals surface area contributed by atoms with E-state index in [4.69, 9.17) is 18.9 Å². The Hall–Kier alpha value is -3.09. The van der Waals surface area contributed by atoms with Gasteiger partial charge in [-0.25, -0.2) is 0 Å². The minimum atomic E-state index is -1.79. The number of ether oxygens (including phenoxy) is 4. The minimum Gasteiger partial charge on any atom is -0.394 e. The molecule has 14 nitrogen and oxygen atoms in total. The summed E-state index contributed by atoms with van der Waals surface area (Å²) < 4.78 is 22.9. The number of carbonyl (C=O) groups is 1. The van der Waals surface area contributed by atoms with Crippen molar-refractivity contribution < 1.29 is 64.6 Å². The zero-order valence-electron chi connectivity index (χ0n) is 61.6. The van der Waals surface area contributed by atoms with Gasteiger partial charge in [0.05, 0.1) is 32.0 Å². The number of nitrogens with one attached hydrogen (secondary N) is 1. The van der Waals surface area contributed by atoms with Gasteiger partial charge in [0.15, 0.2) is 12.6 Å². The van der Waals surface area contributed by atoms with E-state index in [1.807, 2.05) is 6.08 Å². The molecule has 562 valence electrons. The maximum atomic E-state index is 13.4. The molecule has 2 heterocycles. The Morgan fingerprint density at radius 3 is 1.13 bits per heavy atom. The van der Waals surface area contributed by atoms with Gasteiger partial charge < -0.3 is 65.1 Å². The molecule has 0 saturated carbocycles. The molecule has 0 radical (unpaired) electrons. The van der Waals surface area contributed by atoms with Crippen LogP contribution in [0.1, 0.15) is 328 Å². The van der Waals surface area contributed by atoms with Gasteiger partial charge in [-0.3, -0.25) is 4.79 Å². The van der Waals surface area contributed by atoms with Crippen LogP contribution in [0.25, 0.3) is 0 Å². The Kier molecular flexibility index (Phi) is 61.4. The monoisotopic (exact) mass is 1370 g/mol. The number of unbranched alkanes of at least 4 members (excludes halogenated alkanes) is 39. The van der Waals surface area contributed by atoms with Crippen LogP contribution in [-0.4, -0.2) is 140 Å². The SMILES string of the molecule is CC/C=C\C/C=C\C/C=C\C/C=C\C/C=C\C/C=C\CCCCCCCCCCCCCCCCCCCCCCCCC(=O)NC(COC1OC(CO)C(OC2OC(CO)C(O)C(O)C2O)C(O)C1O)C(O)/C=C/CC/C=C/CCCCCCCCCCCCCCCCCC. The van der Waals surface area contributed by atoms with Crippen molar-refractivity contribution in [3.8, 4) is 0 Å². The van der Waals surface area contributed by atoms with Crippen molar-refractivity contribution in [3.05, 3.63) is 97.2 Å². The summed E-state index contributed by atoms with van der Waals surface area (Å²) in [5.41, 5.74) is 0. The third-order valence-corrected chi connectivity index (χ3v) is 19.0. The molecule has 2 aliphatic rings. The summed E-state index contributed by atoms with van der Waals surface area (Å²) in [4.78, 5) is 13.4. The Bertz CT molecular complexity index is 2000. The quantitative estimate of drug-likeness (QED) is 0.0204. The summed E-state index contributed by atoms with van der Waals surface area (Å²) in [5.74, 6) is -0.245. The van der Waals surface area contributed by atoms with E-state index in [0.29, 0.717) is 12.8 Å². The van der Waals surface area contributed by atoms with Gasteiger partial charge in [-0.15, -0.1) is 0 Å². The highest BCUT2D eigenvalue weighted by atomic mass is 16.7. The van der Waals surface area contributed by atoms with E-state index in [1.165, 1.54) is 225 Å². The number of hydrogen-bond donors (Lipinski definition) is 9. The van der Waals surface area contributed by atoms with Crippen LogP contribution in [0.3, 0.4) is 0 Å². The molecule has 0 aromatic rings. The van der Waals surface area contributed by atoms with Crippen LogP contribution >= 0.6 is 0 Å². The lowest BCUT2D eigenvalue weighted by Gasteiger charge is -2.46. The molecule has 14 heteroatoms. The van der Waals surface area contributed by atoms with Gasteiger partial charge in [0.1, 0.15) is 48.8 Å². The van der Waals surface area contributed by atoms with Crippen LogP contribution in [-0.2, 0) is 23.7 Å². The Morgan fingerprint density at radius 2 is 0.722 bits per heavy atom. The topological polar surface area (TPSA) is 228 Å². The number of rotatable bonds is 66. The third-order valence-electron chi connectivity index (χ3n) is 19.0. The van der Waals surface area contributed by atoms with Crippen LogP contribution in [0, 0.1) is 0 Å². The van der Waals surface area contributed by atoms with Crippen molar-refractivity contribution in [2.45, 2.75) is 402 Å². The summed E-state index contributed by atoms with van der Waals surface area (Å²) in [6.45, 7) is 2.70.